The van der Waals surface area contributed by atoms with E-state index in [9.17, 15) is 9.59 Å². The highest BCUT2D eigenvalue weighted by atomic mass is 35.5. The Balaban J connectivity index is 0.000000204. The number of halogens is 2. The van der Waals surface area contributed by atoms with Gasteiger partial charge in [-0.15, -0.1) is 0 Å². The Morgan fingerprint density at radius 3 is 1.90 bits per heavy atom. The van der Waals surface area contributed by atoms with Gasteiger partial charge in [0.1, 0.15) is 0 Å². The first-order valence-corrected chi connectivity index (χ1v) is 6.10. The van der Waals surface area contributed by atoms with Crippen LogP contribution in [-0.4, -0.2) is 23.7 Å². The molecule has 0 amide bonds. The minimum Gasteiger partial charge on any atom is -0.475 e. The molecule has 0 bridgehead atoms. The first kappa shape index (κ1) is 16.1. The van der Waals surface area contributed by atoms with Crippen LogP contribution in [0.3, 0.4) is 0 Å². The number of carbonyl (C=O) groups is 2. The van der Waals surface area contributed by atoms with Crippen LogP contribution in [0.25, 0.3) is 0 Å². The summed E-state index contributed by atoms with van der Waals surface area (Å²) >= 11 is 10.7. The predicted molar refractivity (Wildman–Crippen MR) is 70.4 cm³/mol. The highest BCUT2D eigenvalue weighted by molar-refractivity contribution is 6.29. The number of hydrogen-bond acceptors (Lipinski definition) is 5. The number of carboxylic acid groups (broad SMARTS) is 1. The molecule has 8 heteroatoms. The van der Waals surface area contributed by atoms with Gasteiger partial charge in [0.05, 0.1) is 6.61 Å². The molecule has 0 aliphatic rings. The van der Waals surface area contributed by atoms with Crippen molar-refractivity contribution in [3.8, 4) is 0 Å². The predicted octanol–water partition coefficient (Wildman–Crippen LogP) is 3.74. The van der Waals surface area contributed by atoms with E-state index >= 15 is 0 Å². The van der Waals surface area contributed by atoms with Crippen molar-refractivity contribution in [2.75, 3.05) is 6.61 Å². The third kappa shape index (κ3) is 4.99. The van der Waals surface area contributed by atoms with Gasteiger partial charge in [0.2, 0.25) is 11.5 Å². The van der Waals surface area contributed by atoms with Crippen LogP contribution >= 0.6 is 23.2 Å². The molecule has 6 nitrogen and oxygen atoms in total. The van der Waals surface area contributed by atoms with Gasteiger partial charge in [0, 0.05) is 0 Å². The van der Waals surface area contributed by atoms with Crippen LogP contribution in [0.4, 0.5) is 0 Å². The number of carboxylic acids is 1. The Kier molecular flexibility index (Phi) is 6.14. The maximum absolute atomic E-state index is 10.9. The van der Waals surface area contributed by atoms with Crippen LogP contribution in [0.2, 0.25) is 10.4 Å². The summed E-state index contributed by atoms with van der Waals surface area (Å²) in [4.78, 5) is 20.9. The molecule has 20 heavy (non-hydrogen) atoms. The van der Waals surface area contributed by atoms with Gasteiger partial charge in [0.25, 0.3) is 0 Å². The standard InChI is InChI=1S/C7H7ClO3.C5H3ClO3/c1-2-10-7(9)5-3-4-6(8)11-5;6-4-2-1-3(9-4)5(7)8/h3-4H,2H2,1H3;1-2H,(H,7,8). The van der Waals surface area contributed by atoms with Crippen molar-refractivity contribution in [2.45, 2.75) is 6.92 Å². The van der Waals surface area contributed by atoms with E-state index in [2.05, 4.69) is 9.15 Å². The van der Waals surface area contributed by atoms with Gasteiger partial charge in [-0.3, -0.25) is 0 Å². The molecule has 0 aromatic carbocycles. The zero-order valence-corrected chi connectivity index (χ0v) is 11.8. The summed E-state index contributed by atoms with van der Waals surface area (Å²) < 4.78 is 13.9. The Bertz CT molecular complexity index is 586. The SMILES string of the molecule is CCOC(=O)c1ccc(Cl)o1.O=C(O)c1ccc(Cl)o1. The molecule has 2 rings (SSSR count). The van der Waals surface area contributed by atoms with Crippen LogP contribution in [0.1, 0.15) is 28.0 Å². The molecule has 0 unspecified atom stereocenters. The lowest BCUT2D eigenvalue weighted by molar-refractivity contribution is 0.0489. The van der Waals surface area contributed by atoms with Gasteiger partial charge in [-0.2, -0.15) is 0 Å². The minimum atomic E-state index is -1.11. The van der Waals surface area contributed by atoms with Crippen LogP contribution in [-0.2, 0) is 4.74 Å². The van der Waals surface area contributed by atoms with Crippen LogP contribution < -0.4 is 0 Å². The van der Waals surface area contributed by atoms with E-state index < -0.39 is 11.9 Å². The molecule has 0 saturated carbocycles. The maximum atomic E-state index is 10.9. The molecule has 2 aromatic rings. The lowest BCUT2D eigenvalue weighted by Crippen LogP contribution is -2.02. The van der Waals surface area contributed by atoms with E-state index in [-0.39, 0.29) is 22.0 Å². The lowest BCUT2D eigenvalue weighted by Gasteiger charge is -1.95. The monoisotopic (exact) mass is 320 g/mol. The summed E-state index contributed by atoms with van der Waals surface area (Å²) in [5, 5.41) is 8.52. The molecule has 2 aromatic heterocycles. The van der Waals surface area contributed by atoms with Crippen molar-refractivity contribution in [3.63, 3.8) is 0 Å². The smallest absolute Gasteiger partial charge is 0.374 e. The van der Waals surface area contributed by atoms with Crippen molar-refractivity contribution in [3.05, 3.63) is 46.2 Å². The number of aromatic carboxylic acids is 1. The molecule has 2 heterocycles. The Labute approximate surface area is 123 Å². The van der Waals surface area contributed by atoms with Crippen LogP contribution in [0.5, 0.6) is 0 Å². The maximum Gasteiger partial charge on any atom is 0.374 e. The summed E-state index contributed by atoms with van der Waals surface area (Å²) in [6.45, 7) is 2.06. The molecule has 0 fully saturated rings. The first-order valence-electron chi connectivity index (χ1n) is 5.35. The number of rotatable bonds is 3. The topological polar surface area (TPSA) is 89.9 Å². The average molecular weight is 321 g/mol. The Morgan fingerprint density at radius 2 is 1.60 bits per heavy atom. The average Bonchev–Trinajstić information content (AvgIpc) is 2.99. The number of esters is 1. The molecule has 0 aliphatic heterocycles. The zero-order chi connectivity index (χ0) is 15.1. The highest BCUT2D eigenvalue weighted by Gasteiger charge is 2.10. The number of furan rings is 2. The van der Waals surface area contributed by atoms with Crippen LogP contribution in [0.15, 0.2) is 33.1 Å². The van der Waals surface area contributed by atoms with Crippen molar-refractivity contribution in [2.24, 2.45) is 0 Å². The summed E-state index contributed by atoms with van der Waals surface area (Å²) in [5.41, 5.74) is 0. The molecular weight excluding hydrogens is 311 g/mol. The van der Waals surface area contributed by atoms with Crippen molar-refractivity contribution in [1.29, 1.82) is 0 Å². The van der Waals surface area contributed by atoms with Crippen molar-refractivity contribution >= 4 is 35.1 Å². The largest absolute Gasteiger partial charge is 0.475 e. The number of carbonyl (C=O) groups excluding carboxylic acids is 1. The molecule has 0 saturated heterocycles. The van der Waals surface area contributed by atoms with E-state index in [1.54, 1.807) is 6.92 Å². The van der Waals surface area contributed by atoms with E-state index in [1.807, 2.05) is 0 Å². The normalized spacial score (nSPS) is 9.55. The number of hydrogen-bond donors (Lipinski definition) is 1. The summed E-state index contributed by atoms with van der Waals surface area (Å²) in [6, 6.07) is 5.64. The summed E-state index contributed by atoms with van der Waals surface area (Å²) in [6.07, 6.45) is 0. The second-order valence-corrected chi connectivity index (χ2v) is 3.98. The second kappa shape index (κ2) is 7.62. The summed E-state index contributed by atoms with van der Waals surface area (Å²) in [7, 11) is 0. The third-order valence-corrected chi connectivity index (χ3v) is 2.24. The minimum absolute atomic E-state index is 0.0902. The number of ether oxygens (including phenoxy) is 1. The van der Waals surface area contributed by atoms with Gasteiger partial charge in [-0.25, -0.2) is 9.59 Å². The molecule has 1 N–H and O–H groups in total. The third-order valence-electron chi connectivity index (χ3n) is 1.83. The van der Waals surface area contributed by atoms with Gasteiger partial charge in [0.15, 0.2) is 10.4 Å². The van der Waals surface area contributed by atoms with E-state index in [0.717, 1.165) is 0 Å². The molecule has 108 valence electrons. The zero-order valence-electron chi connectivity index (χ0n) is 10.3. The molecule has 0 atom stereocenters. The fourth-order valence-electron chi connectivity index (χ4n) is 1.06. The van der Waals surface area contributed by atoms with Gasteiger partial charge in [-0.1, -0.05) is 0 Å². The van der Waals surface area contributed by atoms with Gasteiger partial charge in [-0.05, 0) is 54.4 Å². The van der Waals surface area contributed by atoms with Crippen molar-refractivity contribution in [1.82, 2.24) is 0 Å². The first-order chi connectivity index (χ1) is 9.43. The van der Waals surface area contributed by atoms with Gasteiger partial charge < -0.3 is 18.7 Å². The molecular formula is C12H10Cl2O6. The molecule has 0 aliphatic carbocycles. The van der Waals surface area contributed by atoms with Gasteiger partial charge >= 0.3 is 11.9 Å². The van der Waals surface area contributed by atoms with E-state index in [4.69, 9.17) is 32.7 Å². The molecule has 0 spiro atoms. The Morgan fingerprint density at radius 1 is 1.10 bits per heavy atom. The fraction of sp³-hybridized carbons (Fsp3) is 0.167. The van der Waals surface area contributed by atoms with E-state index in [1.165, 1.54) is 24.3 Å². The highest BCUT2D eigenvalue weighted by Crippen LogP contribution is 2.13. The molecule has 0 radical (unpaired) electrons. The summed E-state index contributed by atoms with van der Waals surface area (Å²) in [5.74, 6) is -1.60. The Hall–Kier alpha value is -1.92. The lowest BCUT2D eigenvalue weighted by atomic mass is 10.5. The van der Waals surface area contributed by atoms with Crippen molar-refractivity contribution < 1.29 is 28.3 Å². The van der Waals surface area contributed by atoms with Crippen LogP contribution in [0, 0.1) is 0 Å². The fourth-order valence-corrected chi connectivity index (χ4v) is 1.35. The second-order valence-electron chi connectivity index (χ2n) is 3.23. The quantitative estimate of drug-likeness (QED) is 0.866. The van der Waals surface area contributed by atoms with E-state index in [0.29, 0.717) is 6.61 Å².